The number of rotatable bonds is 3. The Labute approximate surface area is 102 Å². The van der Waals surface area contributed by atoms with Gasteiger partial charge in [0.2, 0.25) is 0 Å². The minimum absolute atomic E-state index is 0.240. The van der Waals surface area contributed by atoms with Gasteiger partial charge in [0.1, 0.15) is 6.26 Å². The van der Waals surface area contributed by atoms with E-state index >= 15 is 0 Å². The van der Waals surface area contributed by atoms with Crippen molar-refractivity contribution in [1.82, 2.24) is 14.5 Å². The van der Waals surface area contributed by atoms with Gasteiger partial charge in [-0.2, -0.15) is 0 Å². The summed E-state index contributed by atoms with van der Waals surface area (Å²) in [5, 5.41) is 8.97. The number of fused-ring (bicyclic) bond motifs is 1. The normalized spacial score (nSPS) is 10.9. The maximum Gasteiger partial charge on any atom is 0.335 e. The van der Waals surface area contributed by atoms with Gasteiger partial charge < -0.3 is 14.1 Å². The Bertz CT molecular complexity index is 701. The average molecular weight is 243 g/mol. The van der Waals surface area contributed by atoms with E-state index in [1.165, 1.54) is 12.5 Å². The summed E-state index contributed by atoms with van der Waals surface area (Å²) in [5.41, 5.74) is 2.51. The van der Waals surface area contributed by atoms with Crippen LogP contribution in [0.1, 0.15) is 16.1 Å². The second-order valence-corrected chi connectivity index (χ2v) is 3.86. The van der Waals surface area contributed by atoms with Crippen LogP contribution in [-0.4, -0.2) is 25.6 Å². The SMILES string of the molecule is O=C(O)c1ccc2ncn(Cc3cocn3)c2c1. The molecule has 1 N–H and O–H groups in total. The van der Waals surface area contributed by atoms with Gasteiger partial charge >= 0.3 is 5.97 Å². The molecule has 6 nitrogen and oxygen atoms in total. The van der Waals surface area contributed by atoms with Crippen LogP contribution in [0.25, 0.3) is 11.0 Å². The minimum atomic E-state index is -0.953. The average Bonchev–Trinajstić information content (AvgIpc) is 2.99. The molecule has 0 spiro atoms. The van der Waals surface area contributed by atoms with E-state index in [1.807, 2.05) is 4.57 Å². The lowest BCUT2D eigenvalue weighted by Gasteiger charge is -2.01. The molecule has 0 saturated heterocycles. The van der Waals surface area contributed by atoms with E-state index in [4.69, 9.17) is 9.52 Å². The summed E-state index contributed by atoms with van der Waals surface area (Å²) >= 11 is 0. The third-order valence-corrected chi connectivity index (χ3v) is 2.68. The van der Waals surface area contributed by atoms with Gasteiger partial charge in [-0.25, -0.2) is 14.8 Å². The van der Waals surface area contributed by atoms with Gasteiger partial charge in [-0.3, -0.25) is 0 Å². The highest BCUT2D eigenvalue weighted by Crippen LogP contribution is 2.16. The Kier molecular flexibility index (Phi) is 2.33. The molecule has 0 aliphatic heterocycles. The maximum absolute atomic E-state index is 10.9. The fourth-order valence-electron chi connectivity index (χ4n) is 1.81. The Hall–Kier alpha value is -2.63. The van der Waals surface area contributed by atoms with Crippen LogP contribution in [0, 0.1) is 0 Å². The van der Waals surface area contributed by atoms with Crippen LogP contribution in [0.15, 0.2) is 41.6 Å². The standard InChI is InChI=1S/C12H9N3O3/c16-12(17)8-1-2-10-11(3-8)15(6-13-10)4-9-5-18-7-14-9/h1-3,5-7H,4H2,(H,16,17). The zero-order valence-electron chi connectivity index (χ0n) is 9.28. The minimum Gasteiger partial charge on any atom is -0.478 e. The number of hydrogen-bond acceptors (Lipinski definition) is 4. The summed E-state index contributed by atoms with van der Waals surface area (Å²) in [4.78, 5) is 19.2. The number of benzene rings is 1. The lowest BCUT2D eigenvalue weighted by atomic mass is 10.2. The van der Waals surface area contributed by atoms with Gasteiger partial charge in [0.25, 0.3) is 0 Å². The molecule has 0 saturated carbocycles. The third kappa shape index (κ3) is 1.73. The number of hydrogen-bond donors (Lipinski definition) is 1. The van der Waals surface area contributed by atoms with Crippen molar-refractivity contribution in [2.45, 2.75) is 6.54 Å². The summed E-state index contributed by atoms with van der Waals surface area (Å²) in [6.07, 6.45) is 4.56. The molecule has 18 heavy (non-hydrogen) atoms. The first kappa shape index (κ1) is 10.5. The van der Waals surface area contributed by atoms with Crippen LogP contribution in [0.3, 0.4) is 0 Å². The zero-order chi connectivity index (χ0) is 12.5. The Morgan fingerprint density at radius 3 is 3.00 bits per heavy atom. The quantitative estimate of drug-likeness (QED) is 0.758. The molecule has 2 aromatic heterocycles. The van der Waals surface area contributed by atoms with Gasteiger partial charge in [0, 0.05) is 0 Å². The second kappa shape index (κ2) is 3.99. The molecule has 0 unspecified atom stereocenters. The lowest BCUT2D eigenvalue weighted by Crippen LogP contribution is -2.00. The highest BCUT2D eigenvalue weighted by Gasteiger charge is 2.08. The van der Waals surface area contributed by atoms with Crippen molar-refractivity contribution in [1.29, 1.82) is 0 Å². The molecule has 0 aliphatic rings. The van der Waals surface area contributed by atoms with E-state index in [0.29, 0.717) is 6.54 Å². The largest absolute Gasteiger partial charge is 0.478 e. The summed E-state index contributed by atoms with van der Waals surface area (Å²) in [7, 11) is 0. The number of oxazole rings is 1. The molecule has 3 aromatic rings. The molecule has 6 heteroatoms. The number of aromatic carboxylic acids is 1. The van der Waals surface area contributed by atoms with Gasteiger partial charge in [0.15, 0.2) is 6.39 Å². The van der Waals surface area contributed by atoms with Gasteiger partial charge in [-0.15, -0.1) is 0 Å². The number of carboxylic acid groups (broad SMARTS) is 1. The molecule has 0 bridgehead atoms. The van der Waals surface area contributed by atoms with Crippen molar-refractivity contribution in [3.8, 4) is 0 Å². The predicted molar refractivity (Wildman–Crippen MR) is 62.3 cm³/mol. The van der Waals surface area contributed by atoms with Crippen molar-refractivity contribution in [3.05, 3.63) is 48.4 Å². The smallest absolute Gasteiger partial charge is 0.335 e. The van der Waals surface area contributed by atoms with E-state index < -0.39 is 5.97 Å². The summed E-state index contributed by atoms with van der Waals surface area (Å²) in [5.74, 6) is -0.953. The van der Waals surface area contributed by atoms with Crippen LogP contribution >= 0.6 is 0 Å². The summed E-state index contributed by atoms with van der Waals surface area (Å²) in [6, 6.07) is 4.83. The first-order valence-corrected chi connectivity index (χ1v) is 5.29. The third-order valence-electron chi connectivity index (χ3n) is 2.68. The fourth-order valence-corrected chi connectivity index (χ4v) is 1.81. The van der Waals surface area contributed by atoms with Crippen LogP contribution in [0.5, 0.6) is 0 Å². The van der Waals surface area contributed by atoms with Crippen molar-refractivity contribution in [3.63, 3.8) is 0 Å². The molecule has 0 amide bonds. The number of carbonyl (C=O) groups is 1. The van der Waals surface area contributed by atoms with E-state index in [2.05, 4.69) is 9.97 Å². The summed E-state index contributed by atoms with van der Waals surface area (Å²) in [6.45, 7) is 0.496. The molecule has 0 radical (unpaired) electrons. The van der Waals surface area contributed by atoms with Gasteiger partial charge in [-0.1, -0.05) is 0 Å². The summed E-state index contributed by atoms with van der Waals surface area (Å²) < 4.78 is 6.73. The Morgan fingerprint density at radius 2 is 2.28 bits per heavy atom. The molecular weight excluding hydrogens is 234 g/mol. The van der Waals surface area contributed by atoms with Crippen LogP contribution in [-0.2, 0) is 6.54 Å². The number of nitrogens with zero attached hydrogens (tertiary/aromatic N) is 3. The van der Waals surface area contributed by atoms with Crippen LogP contribution in [0.2, 0.25) is 0 Å². The highest BCUT2D eigenvalue weighted by molar-refractivity contribution is 5.92. The first-order chi connectivity index (χ1) is 8.74. The predicted octanol–water partition coefficient (Wildman–Crippen LogP) is 1.77. The molecule has 1 aromatic carbocycles. The van der Waals surface area contributed by atoms with E-state index in [0.717, 1.165) is 16.7 Å². The zero-order valence-corrected chi connectivity index (χ0v) is 9.28. The van der Waals surface area contributed by atoms with E-state index in [1.54, 1.807) is 24.7 Å². The van der Waals surface area contributed by atoms with Crippen molar-refractivity contribution in [2.24, 2.45) is 0 Å². The first-order valence-electron chi connectivity index (χ1n) is 5.29. The van der Waals surface area contributed by atoms with Gasteiger partial charge in [0.05, 0.1) is 35.2 Å². The molecule has 2 heterocycles. The van der Waals surface area contributed by atoms with Crippen LogP contribution in [0.4, 0.5) is 0 Å². The van der Waals surface area contributed by atoms with Crippen LogP contribution < -0.4 is 0 Å². The topological polar surface area (TPSA) is 81.1 Å². The molecule has 0 aliphatic carbocycles. The number of aromatic nitrogens is 3. The molecule has 3 rings (SSSR count). The second-order valence-electron chi connectivity index (χ2n) is 3.86. The monoisotopic (exact) mass is 243 g/mol. The number of carboxylic acids is 1. The highest BCUT2D eigenvalue weighted by atomic mass is 16.4. The van der Waals surface area contributed by atoms with E-state index in [-0.39, 0.29) is 5.56 Å². The van der Waals surface area contributed by atoms with Crippen molar-refractivity contribution >= 4 is 17.0 Å². The van der Waals surface area contributed by atoms with Gasteiger partial charge in [-0.05, 0) is 18.2 Å². The fraction of sp³-hybridized carbons (Fsp3) is 0.0833. The van der Waals surface area contributed by atoms with Crippen molar-refractivity contribution in [2.75, 3.05) is 0 Å². The Morgan fingerprint density at radius 1 is 1.39 bits per heavy atom. The Balaban J connectivity index is 2.06. The number of imidazole rings is 1. The van der Waals surface area contributed by atoms with E-state index in [9.17, 15) is 4.79 Å². The molecular formula is C12H9N3O3. The molecule has 0 fully saturated rings. The lowest BCUT2D eigenvalue weighted by molar-refractivity contribution is 0.0697. The maximum atomic E-state index is 10.9. The molecule has 90 valence electrons. The molecule has 0 atom stereocenters. The van der Waals surface area contributed by atoms with Crippen molar-refractivity contribution < 1.29 is 14.3 Å².